The Labute approximate surface area is 313 Å². The number of aromatic nitrogens is 6. The van der Waals surface area contributed by atoms with E-state index in [2.05, 4.69) is 55.8 Å². The largest absolute Gasteiger partial charge is 0.480 e. The second kappa shape index (κ2) is 19.0. The average molecular weight is 743 g/mol. The zero-order chi connectivity index (χ0) is 36.9. The molecule has 52 heavy (non-hydrogen) atoms. The van der Waals surface area contributed by atoms with Crippen molar-refractivity contribution in [3.05, 3.63) is 107 Å². The van der Waals surface area contributed by atoms with Crippen LogP contribution in [0.2, 0.25) is 5.15 Å². The third-order valence-electron chi connectivity index (χ3n) is 8.83. The molecular weight excluding hydrogens is 700 g/mol. The number of aromatic amines is 1. The number of nitrogens with zero attached hydrogens (tertiary/aromatic N) is 5. The first-order chi connectivity index (χ1) is 25.3. The Morgan fingerprint density at radius 3 is 2.35 bits per heavy atom. The van der Waals surface area contributed by atoms with Gasteiger partial charge in [0.25, 0.3) is 5.91 Å². The highest BCUT2D eigenvalue weighted by Gasteiger charge is 2.25. The van der Waals surface area contributed by atoms with Gasteiger partial charge in [-0.2, -0.15) is 17.8 Å². The molecule has 2 aromatic heterocycles. The van der Waals surface area contributed by atoms with Crippen molar-refractivity contribution in [2.75, 3.05) is 12.3 Å². The van der Waals surface area contributed by atoms with Crippen molar-refractivity contribution in [1.29, 1.82) is 0 Å². The number of rotatable bonds is 19. The smallest absolute Gasteiger partial charge is 0.326 e. The Kier molecular flexibility index (Phi) is 14.0. The number of unbranched alkanes of at least 4 members (excludes halogenated alkanes) is 2. The zero-order valence-corrected chi connectivity index (χ0v) is 30.6. The van der Waals surface area contributed by atoms with E-state index in [0.717, 1.165) is 46.5 Å². The highest BCUT2D eigenvalue weighted by atomic mass is 35.5. The summed E-state index contributed by atoms with van der Waals surface area (Å²) in [5, 5.41) is 30.0. The van der Waals surface area contributed by atoms with Crippen LogP contribution in [-0.2, 0) is 29.0 Å². The molecule has 4 N–H and O–H groups in total. The number of H-pyrrole nitrogens is 1. The summed E-state index contributed by atoms with van der Waals surface area (Å²) >= 11 is 10.9. The summed E-state index contributed by atoms with van der Waals surface area (Å²) in [6, 6.07) is 24.4. The normalized spacial score (nSPS) is 12.3. The topological polar surface area (TPSA) is 168 Å². The van der Waals surface area contributed by atoms with E-state index in [-0.39, 0.29) is 29.1 Å². The number of carbonyl (C=O) groups is 3. The molecule has 0 aliphatic heterocycles. The standard InChI is InChI=1S/C38H43ClN8O4S/c1-2-3-16-32-42-34(39)33(47(32)23-26-17-19-27(20-18-26)29-13-7-8-14-30(29)35-43-45-46-44-35)37(49)40-21-10-9-15-31(38(50)51)41-36(48)28(24-52)22-25-11-5-4-6-12-25/h4-8,11-14,17-20,28,31,52H,2-3,9-10,15-16,21-24H2,1H3,(H,40,49)(H,41,48)(H,50,51)(H,43,44,45,46). The van der Waals surface area contributed by atoms with Gasteiger partial charge in [-0.25, -0.2) is 9.78 Å². The minimum Gasteiger partial charge on any atom is -0.480 e. The number of hydrogen-bond acceptors (Lipinski definition) is 8. The van der Waals surface area contributed by atoms with Crippen molar-refractivity contribution in [1.82, 2.24) is 40.8 Å². The van der Waals surface area contributed by atoms with E-state index in [4.69, 9.17) is 11.6 Å². The zero-order valence-electron chi connectivity index (χ0n) is 29.0. The van der Waals surface area contributed by atoms with Gasteiger partial charge in [-0.1, -0.05) is 104 Å². The Morgan fingerprint density at radius 2 is 1.67 bits per heavy atom. The number of hydrogen-bond donors (Lipinski definition) is 5. The van der Waals surface area contributed by atoms with Gasteiger partial charge in [0, 0.05) is 30.8 Å². The molecule has 0 bridgehead atoms. The van der Waals surface area contributed by atoms with Gasteiger partial charge in [-0.3, -0.25) is 9.59 Å². The minimum atomic E-state index is -1.10. The summed E-state index contributed by atoms with van der Waals surface area (Å²) in [6.07, 6.45) is 4.18. The van der Waals surface area contributed by atoms with Gasteiger partial charge in [0.2, 0.25) is 11.7 Å². The van der Waals surface area contributed by atoms with Gasteiger partial charge in [0.15, 0.2) is 5.15 Å². The molecular formula is C38H43ClN8O4S. The number of aryl methyl sites for hydroxylation is 1. The summed E-state index contributed by atoms with van der Waals surface area (Å²) < 4.78 is 1.87. The van der Waals surface area contributed by atoms with E-state index in [1.807, 2.05) is 83.4 Å². The Bertz CT molecular complexity index is 1920. The number of aliphatic carboxylic acids is 1. The number of carboxylic acid groups (broad SMARTS) is 1. The summed E-state index contributed by atoms with van der Waals surface area (Å²) in [5.74, 6) is -0.725. The molecule has 2 unspecified atom stereocenters. The Hall–Kier alpha value is -5.01. The van der Waals surface area contributed by atoms with Crippen LogP contribution in [0, 0.1) is 5.92 Å². The first kappa shape index (κ1) is 38.2. The van der Waals surface area contributed by atoms with Crippen LogP contribution >= 0.6 is 24.2 Å². The molecule has 0 aliphatic carbocycles. The fraction of sp³-hybridized carbons (Fsp3) is 0.342. The number of carboxylic acids is 1. The van der Waals surface area contributed by atoms with Crippen LogP contribution in [0.4, 0.5) is 0 Å². The van der Waals surface area contributed by atoms with Crippen LogP contribution < -0.4 is 10.6 Å². The van der Waals surface area contributed by atoms with E-state index < -0.39 is 17.9 Å². The SMILES string of the molecule is CCCCc1nc(Cl)c(C(=O)NCCCCC(NC(=O)C(CS)Cc2ccccc2)C(=O)O)n1Cc1ccc(-c2ccccc2-c2nn[nH]n2)cc1. The molecule has 12 nitrogen and oxygen atoms in total. The van der Waals surface area contributed by atoms with Gasteiger partial charge in [0.05, 0.1) is 5.92 Å². The summed E-state index contributed by atoms with van der Waals surface area (Å²) in [7, 11) is 0. The molecule has 2 amide bonds. The number of benzene rings is 3. The molecule has 5 aromatic rings. The van der Waals surface area contributed by atoms with Crippen molar-refractivity contribution >= 4 is 42.0 Å². The van der Waals surface area contributed by atoms with Crippen molar-refractivity contribution < 1.29 is 19.5 Å². The summed E-state index contributed by atoms with van der Waals surface area (Å²) in [4.78, 5) is 43.0. The first-order valence-corrected chi connectivity index (χ1v) is 18.4. The lowest BCUT2D eigenvalue weighted by Crippen LogP contribution is -2.44. The molecule has 0 radical (unpaired) electrons. The lowest BCUT2D eigenvalue weighted by atomic mass is 9.98. The Morgan fingerprint density at radius 1 is 0.942 bits per heavy atom. The molecule has 0 saturated heterocycles. The molecule has 2 heterocycles. The van der Waals surface area contributed by atoms with Gasteiger partial charge in [-0.05, 0) is 59.6 Å². The van der Waals surface area contributed by atoms with Gasteiger partial charge in [0.1, 0.15) is 17.6 Å². The second-order valence-electron chi connectivity index (χ2n) is 12.6. The number of nitrogens with one attached hydrogen (secondary N) is 3. The van der Waals surface area contributed by atoms with Crippen LogP contribution in [0.1, 0.15) is 66.5 Å². The molecule has 0 fully saturated rings. The minimum absolute atomic E-state index is 0.136. The number of amides is 2. The van der Waals surface area contributed by atoms with Crippen LogP contribution in [0.3, 0.4) is 0 Å². The molecule has 5 rings (SSSR count). The summed E-state index contributed by atoms with van der Waals surface area (Å²) in [5.41, 5.74) is 5.03. The molecule has 0 spiro atoms. The highest BCUT2D eigenvalue weighted by Crippen LogP contribution is 2.30. The summed E-state index contributed by atoms with van der Waals surface area (Å²) in [6.45, 7) is 2.79. The number of imidazole rings is 1. The first-order valence-electron chi connectivity index (χ1n) is 17.4. The van der Waals surface area contributed by atoms with Crippen molar-refractivity contribution in [3.63, 3.8) is 0 Å². The van der Waals surface area contributed by atoms with Crippen molar-refractivity contribution in [2.24, 2.45) is 5.92 Å². The maximum Gasteiger partial charge on any atom is 0.326 e. The molecule has 3 aromatic carbocycles. The van der Waals surface area contributed by atoms with E-state index in [1.54, 1.807) is 0 Å². The van der Waals surface area contributed by atoms with Crippen LogP contribution in [0.5, 0.6) is 0 Å². The number of thiol groups is 1. The average Bonchev–Trinajstić information content (AvgIpc) is 3.81. The third-order valence-corrected chi connectivity index (χ3v) is 9.53. The molecule has 272 valence electrons. The van der Waals surface area contributed by atoms with Gasteiger partial charge < -0.3 is 20.3 Å². The number of halogens is 1. The van der Waals surface area contributed by atoms with Crippen LogP contribution in [0.25, 0.3) is 22.5 Å². The van der Waals surface area contributed by atoms with E-state index in [0.29, 0.717) is 50.4 Å². The molecule has 14 heteroatoms. The van der Waals surface area contributed by atoms with Crippen molar-refractivity contribution in [2.45, 2.75) is 64.5 Å². The van der Waals surface area contributed by atoms with Gasteiger partial charge in [-0.15, -0.1) is 10.2 Å². The molecule has 0 aliphatic rings. The molecule has 2 atom stereocenters. The lowest BCUT2D eigenvalue weighted by Gasteiger charge is -2.19. The molecule has 0 saturated carbocycles. The predicted octanol–water partition coefficient (Wildman–Crippen LogP) is 6.03. The fourth-order valence-corrected chi connectivity index (χ4v) is 6.58. The lowest BCUT2D eigenvalue weighted by molar-refractivity contribution is -0.142. The second-order valence-corrected chi connectivity index (χ2v) is 13.3. The van der Waals surface area contributed by atoms with Crippen LogP contribution in [-0.4, -0.2) is 71.4 Å². The maximum atomic E-state index is 13.5. The monoisotopic (exact) mass is 742 g/mol. The Balaban J connectivity index is 1.19. The van der Waals surface area contributed by atoms with Gasteiger partial charge >= 0.3 is 5.97 Å². The van der Waals surface area contributed by atoms with E-state index in [1.165, 1.54) is 0 Å². The highest BCUT2D eigenvalue weighted by molar-refractivity contribution is 7.80. The maximum absolute atomic E-state index is 13.5. The fourth-order valence-electron chi connectivity index (χ4n) is 6.00. The van der Waals surface area contributed by atoms with Crippen molar-refractivity contribution in [3.8, 4) is 22.5 Å². The quantitative estimate of drug-likeness (QED) is 0.0505. The predicted molar refractivity (Wildman–Crippen MR) is 203 cm³/mol. The van der Waals surface area contributed by atoms with E-state index >= 15 is 0 Å². The number of carbonyl (C=O) groups excluding carboxylic acids is 2. The van der Waals surface area contributed by atoms with Crippen LogP contribution in [0.15, 0.2) is 78.9 Å². The number of tetrazole rings is 1. The van der Waals surface area contributed by atoms with E-state index in [9.17, 15) is 19.5 Å². The third kappa shape index (κ3) is 10.1.